The van der Waals surface area contributed by atoms with E-state index in [1.807, 2.05) is 6.20 Å². The average molecular weight is 444 g/mol. The number of H-pyrrole nitrogens is 1. The Hall–Kier alpha value is -2.81. The molecule has 0 unspecified atom stereocenters. The second-order valence-electron chi connectivity index (χ2n) is 8.63. The molecule has 0 bridgehead atoms. The fraction of sp³-hybridized carbons (Fsp3) is 0.455. The Morgan fingerprint density at radius 2 is 2.19 bits per heavy atom. The van der Waals surface area contributed by atoms with E-state index >= 15 is 0 Å². The molecular weight excluding hydrogens is 417 g/mol. The SMILES string of the molecule is CCC(C)(C)c1nnc(NC(=O)[C@H]2CC(=O)N(CCc3c[nH]c4ccc(F)cc34)C2)s1. The number of aromatic amines is 1. The Kier molecular flexibility index (Phi) is 5.79. The molecule has 1 aliphatic rings. The van der Waals surface area contributed by atoms with Gasteiger partial charge in [0.25, 0.3) is 0 Å². The Balaban J connectivity index is 1.35. The van der Waals surface area contributed by atoms with Crippen molar-refractivity contribution in [2.24, 2.45) is 5.92 Å². The predicted octanol–water partition coefficient (Wildman–Crippen LogP) is 3.88. The fourth-order valence-electron chi connectivity index (χ4n) is 3.68. The Morgan fingerprint density at radius 3 is 2.97 bits per heavy atom. The van der Waals surface area contributed by atoms with Gasteiger partial charge in [-0.05, 0) is 36.6 Å². The van der Waals surface area contributed by atoms with E-state index < -0.39 is 5.92 Å². The van der Waals surface area contributed by atoms with Crippen LogP contribution >= 0.6 is 11.3 Å². The third kappa shape index (κ3) is 4.46. The molecule has 0 aliphatic carbocycles. The van der Waals surface area contributed by atoms with Crippen molar-refractivity contribution in [2.45, 2.75) is 45.4 Å². The second kappa shape index (κ2) is 8.37. The minimum Gasteiger partial charge on any atom is -0.361 e. The zero-order valence-electron chi connectivity index (χ0n) is 17.9. The Bertz CT molecular complexity index is 1120. The molecule has 9 heteroatoms. The van der Waals surface area contributed by atoms with Gasteiger partial charge in [0.05, 0.1) is 5.92 Å². The molecule has 4 rings (SSSR count). The molecule has 3 heterocycles. The first-order valence-electron chi connectivity index (χ1n) is 10.4. The van der Waals surface area contributed by atoms with Crippen molar-refractivity contribution in [1.29, 1.82) is 0 Å². The van der Waals surface area contributed by atoms with Crippen LogP contribution in [0, 0.1) is 11.7 Å². The normalized spacial score (nSPS) is 17.0. The minimum atomic E-state index is -0.417. The van der Waals surface area contributed by atoms with E-state index in [-0.39, 0.29) is 29.5 Å². The Morgan fingerprint density at radius 1 is 1.39 bits per heavy atom. The number of fused-ring (bicyclic) bond motifs is 1. The van der Waals surface area contributed by atoms with Gasteiger partial charge in [0.15, 0.2) is 0 Å². The number of hydrogen-bond donors (Lipinski definition) is 2. The highest BCUT2D eigenvalue weighted by molar-refractivity contribution is 7.15. The molecule has 31 heavy (non-hydrogen) atoms. The monoisotopic (exact) mass is 443 g/mol. The maximum absolute atomic E-state index is 13.6. The highest BCUT2D eigenvalue weighted by Crippen LogP contribution is 2.31. The summed E-state index contributed by atoms with van der Waals surface area (Å²) in [4.78, 5) is 30.0. The predicted molar refractivity (Wildman–Crippen MR) is 119 cm³/mol. The summed E-state index contributed by atoms with van der Waals surface area (Å²) in [7, 11) is 0. The molecule has 2 aromatic heterocycles. The van der Waals surface area contributed by atoms with Gasteiger partial charge in [-0.25, -0.2) is 4.39 Å². The molecule has 0 spiro atoms. The van der Waals surface area contributed by atoms with Crippen LogP contribution in [-0.4, -0.2) is 45.0 Å². The summed E-state index contributed by atoms with van der Waals surface area (Å²) in [6.45, 7) is 7.13. The molecule has 164 valence electrons. The number of aromatic nitrogens is 3. The quantitative estimate of drug-likeness (QED) is 0.580. The van der Waals surface area contributed by atoms with Gasteiger partial charge in [-0.1, -0.05) is 32.1 Å². The van der Waals surface area contributed by atoms with Crippen molar-refractivity contribution < 1.29 is 14.0 Å². The van der Waals surface area contributed by atoms with Crippen LogP contribution in [0.15, 0.2) is 24.4 Å². The number of anilines is 1. The fourth-order valence-corrected chi connectivity index (χ4v) is 4.60. The molecule has 1 fully saturated rings. The zero-order chi connectivity index (χ0) is 22.2. The lowest BCUT2D eigenvalue weighted by molar-refractivity contribution is -0.128. The van der Waals surface area contributed by atoms with Crippen LogP contribution in [0.3, 0.4) is 0 Å². The van der Waals surface area contributed by atoms with Gasteiger partial charge in [0, 0.05) is 42.0 Å². The summed E-state index contributed by atoms with van der Waals surface area (Å²) >= 11 is 1.38. The maximum atomic E-state index is 13.6. The molecule has 0 radical (unpaired) electrons. The number of nitrogens with one attached hydrogen (secondary N) is 2. The molecule has 3 aromatic rings. The van der Waals surface area contributed by atoms with E-state index in [9.17, 15) is 14.0 Å². The summed E-state index contributed by atoms with van der Waals surface area (Å²) < 4.78 is 13.6. The number of nitrogens with zero attached hydrogens (tertiary/aromatic N) is 3. The molecule has 1 saturated heterocycles. The van der Waals surface area contributed by atoms with Crippen LogP contribution in [0.2, 0.25) is 0 Å². The molecular formula is C22H26FN5O2S. The topological polar surface area (TPSA) is 91.0 Å². The van der Waals surface area contributed by atoms with Crippen molar-refractivity contribution >= 4 is 39.2 Å². The largest absolute Gasteiger partial charge is 0.361 e. The van der Waals surface area contributed by atoms with Gasteiger partial charge >= 0.3 is 0 Å². The maximum Gasteiger partial charge on any atom is 0.231 e. The van der Waals surface area contributed by atoms with Gasteiger partial charge in [-0.15, -0.1) is 10.2 Å². The molecule has 2 N–H and O–H groups in total. The van der Waals surface area contributed by atoms with E-state index in [4.69, 9.17) is 0 Å². The van der Waals surface area contributed by atoms with Crippen LogP contribution < -0.4 is 5.32 Å². The second-order valence-corrected chi connectivity index (χ2v) is 9.61. The summed E-state index contributed by atoms with van der Waals surface area (Å²) in [6, 6.07) is 4.62. The van der Waals surface area contributed by atoms with E-state index in [0.29, 0.717) is 24.6 Å². The first-order valence-corrected chi connectivity index (χ1v) is 11.3. The molecule has 1 aromatic carbocycles. The molecule has 2 amide bonds. The van der Waals surface area contributed by atoms with E-state index in [1.54, 1.807) is 11.0 Å². The van der Waals surface area contributed by atoms with Gasteiger partial charge in [-0.2, -0.15) is 0 Å². The van der Waals surface area contributed by atoms with E-state index in [1.165, 1.54) is 23.5 Å². The van der Waals surface area contributed by atoms with Gasteiger partial charge < -0.3 is 15.2 Å². The average Bonchev–Trinajstić information content (AvgIpc) is 3.45. The highest BCUT2D eigenvalue weighted by atomic mass is 32.1. The molecule has 1 atom stereocenters. The first-order chi connectivity index (χ1) is 14.8. The number of carbonyl (C=O) groups is 2. The molecule has 1 aliphatic heterocycles. The van der Waals surface area contributed by atoms with Crippen molar-refractivity contribution in [1.82, 2.24) is 20.1 Å². The number of halogens is 1. The van der Waals surface area contributed by atoms with Crippen LogP contribution in [0.4, 0.5) is 9.52 Å². The van der Waals surface area contributed by atoms with Crippen molar-refractivity contribution in [2.75, 3.05) is 18.4 Å². The van der Waals surface area contributed by atoms with Crippen molar-refractivity contribution in [3.05, 3.63) is 40.8 Å². The smallest absolute Gasteiger partial charge is 0.231 e. The first kappa shape index (κ1) is 21.4. The number of rotatable bonds is 7. The number of benzene rings is 1. The van der Waals surface area contributed by atoms with Gasteiger partial charge in [0.2, 0.25) is 16.9 Å². The lowest BCUT2D eigenvalue weighted by atomic mass is 9.91. The molecule has 0 saturated carbocycles. The number of carbonyl (C=O) groups excluding carboxylic acids is 2. The lowest BCUT2D eigenvalue weighted by Gasteiger charge is -2.17. The van der Waals surface area contributed by atoms with E-state index in [0.717, 1.165) is 27.9 Å². The molecule has 7 nitrogen and oxygen atoms in total. The van der Waals surface area contributed by atoms with Crippen LogP contribution in [0.25, 0.3) is 10.9 Å². The summed E-state index contributed by atoms with van der Waals surface area (Å²) in [6.07, 6.45) is 3.54. The standard InChI is InChI=1S/C22H26FN5O2S/c1-4-22(2,3)20-26-27-21(31-20)25-19(30)14-9-18(29)28(12-14)8-7-13-11-24-17-6-5-15(23)10-16(13)17/h5-6,10-11,14,24H,4,7-9,12H2,1-3H3,(H,25,27,30)/t14-/m0/s1. The number of likely N-dealkylation sites (tertiary alicyclic amines) is 1. The van der Waals surface area contributed by atoms with Crippen LogP contribution in [0.5, 0.6) is 0 Å². The van der Waals surface area contributed by atoms with E-state index in [2.05, 4.69) is 41.3 Å². The van der Waals surface area contributed by atoms with Crippen LogP contribution in [-0.2, 0) is 21.4 Å². The number of amides is 2. The summed E-state index contributed by atoms with van der Waals surface area (Å²) in [5, 5.41) is 13.3. The third-order valence-electron chi connectivity index (χ3n) is 6.08. The lowest BCUT2D eigenvalue weighted by Crippen LogP contribution is -2.30. The third-order valence-corrected chi connectivity index (χ3v) is 7.29. The highest BCUT2D eigenvalue weighted by Gasteiger charge is 2.34. The van der Waals surface area contributed by atoms with Crippen molar-refractivity contribution in [3.8, 4) is 0 Å². The van der Waals surface area contributed by atoms with Crippen molar-refractivity contribution in [3.63, 3.8) is 0 Å². The minimum absolute atomic E-state index is 0.0451. The summed E-state index contributed by atoms with van der Waals surface area (Å²) in [5.41, 5.74) is 1.73. The van der Waals surface area contributed by atoms with Crippen LogP contribution in [0.1, 0.15) is 44.2 Å². The van der Waals surface area contributed by atoms with Gasteiger partial charge in [-0.3, -0.25) is 9.59 Å². The zero-order valence-corrected chi connectivity index (χ0v) is 18.7. The van der Waals surface area contributed by atoms with Gasteiger partial charge in [0.1, 0.15) is 10.8 Å². The Labute approximate surface area is 184 Å². The summed E-state index contributed by atoms with van der Waals surface area (Å²) in [5.74, 6) is -0.956. The number of hydrogen-bond acceptors (Lipinski definition) is 5.